The first-order chi connectivity index (χ1) is 3.63. The van der Waals surface area contributed by atoms with Gasteiger partial charge >= 0.3 is 23.0 Å². The molecule has 0 amide bonds. The van der Waals surface area contributed by atoms with Crippen LogP contribution in [0, 0.1) is 0 Å². The Balaban J connectivity index is 0. The third-order valence-electron chi connectivity index (χ3n) is 0.479. The molecule has 4 heteroatoms. The first kappa shape index (κ1) is 11.5. The molecule has 0 fully saturated rings. The fourth-order valence-corrected chi connectivity index (χ4v) is 0.203. The molecule has 0 heterocycles. The number of ether oxygens (including phenoxy) is 1. The van der Waals surface area contributed by atoms with E-state index in [2.05, 4.69) is 4.74 Å². The molecular formula is C5H8FeO3+3. The van der Waals surface area contributed by atoms with Gasteiger partial charge in [0.2, 0.25) is 0 Å². The Morgan fingerprint density at radius 1 is 1.33 bits per heavy atom. The van der Waals surface area contributed by atoms with Crippen molar-refractivity contribution in [1.29, 1.82) is 0 Å². The second kappa shape index (κ2) is 5.79. The Morgan fingerprint density at radius 3 is 1.89 bits per heavy atom. The predicted molar refractivity (Wildman–Crippen MR) is 27.3 cm³/mol. The van der Waals surface area contributed by atoms with Crippen molar-refractivity contribution in [1.82, 2.24) is 0 Å². The van der Waals surface area contributed by atoms with Gasteiger partial charge in [0.25, 0.3) is 0 Å². The fraction of sp³-hybridized carbons (Fsp3) is 0.600. The number of esters is 1. The number of Topliss-reactive ketones (excluding diaryl/α,β-unsaturated/α-hetero) is 1. The van der Waals surface area contributed by atoms with Gasteiger partial charge < -0.3 is 4.74 Å². The largest absolute Gasteiger partial charge is 3.00 e. The minimum absolute atomic E-state index is 0. The van der Waals surface area contributed by atoms with E-state index in [1.165, 1.54) is 13.8 Å². The average molecular weight is 172 g/mol. The van der Waals surface area contributed by atoms with Crippen molar-refractivity contribution in [3.63, 3.8) is 0 Å². The number of rotatable bonds is 2. The molecule has 0 aromatic carbocycles. The Hall–Kier alpha value is -0.341. The smallest absolute Gasteiger partial charge is 0.458 e. The fourth-order valence-electron chi connectivity index (χ4n) is 0.203. The molecule has 0 aliphatic heterocycles. The van der Waals surface area contributed by atoms with Crippen LogP contribution >= 0.6 is 0 Å². The van der Waals surface area contributed by atoms with E-state index in [1.54, 1.807) is 0 Å². The summed E-state index contributed by atoms with van der Waals surface area (Å²) in [7, 11) is 0. The quantitative estimate of drug-likeness (QED) is 0.439. The third kappa shape index (κ3) is 11.3. The van der Waals surface area contributed by atoms with E-state index in [1.807, 2.05) is 0 Å². The van der Waals surface area contributed by atoms with E-state index >= 15 is 0 Å². The van der Waals surface area contributed by atoms with Crippen LogP contribution in [0.25, 0.3) is 0 Å². The van der Waals surface area contributed by atoms with Gasteiger partial charge in [0, 0.05) is 6.92 Å². The van der Waals surface area contributed by atoms with Gasteiger partial charge in [-0.05, 0) is 6.92 Å². The Labute approximate surface area is 64.2 Å². The molecule has 3 nitrogen and oxygen atoms in total. The standard InChI is InChI=1S/C5H8O3.Fe/c1-4(6)3-8-5(2)7;/h3H2,1-2H3;/q;+3. The summed E-state index contributed by atoms with van der Waals surface area (Å²) in [6.07, 6.45) is 0. The summed E-state index contributed by atoms with van der Waals surface area (Å²) < 4.78 is 4.31. The molecule has 0 atom stereocenters. The van der Waals surface area contributed by atoms with Gasteiger partial charge in [-0.25, -0.2) is 0 Å². The number of hydrogen-bond donors (Lipinski definition) is 0. The van der Waals surface area contributed by atoms with Gasteiger partial charge in [0.1, 0.15) is 6.61 Å². The average Bonchev–Trinajstić information content (AvgIpc) is 1.61. The molecule has 0 spiro atoms. The normalized spacial score (nSPS) is 7.33. The maximum atomic E-state index is 10.1. The van der Waals surface area contributed by atoms with Crippen LogP contribution in [0.3, 0.4) is 0 Å². The van der Waals surface area contributed by atoms with Crippen LogP contribution in [0.1, 0.15) is 13.8 Å². The third-order valence-corrected chi connectivity index (χ3v) is 0.479. The Kier molecular flexibility index (Phi) is 7.37. The maximum absolute atomic E-state index is 10.1. The Bertz CT molecular complexity index is 96.8. The van der Waals surface area contributed by atoms with Gasteiger partial charge in [-0.15, -0.1) is 0 Å². The first-order valence-corrected chi connectivity index (χ1v) is 2.25. The SMILES string of the molecule is CC(=O)COC(C)=O.[Fe+3]. The molecule has 0 bridgehead atoms. The predicted octanol–water partition coefficient (Wildman–Crippen LogP) is 0.136. The summed E-state index contributed by atoms with van der Waals surface area (Å²) in [5.74, 6) is -0.555. The molecule has 0 N–H and O–H groups in total. The first-order valence-electron chi connectivity index (χ1n) is 2.25. The van der Waals surface area contributed by atoms with Crippen molar-refractivity contribution in [2.24, 2.45) is 0 Å². The van der Waals surface area contributed by atoms with Gasteiger partial charge in [0.15, 0.2) is 5.78 Å². The van der Waals surface area contributed by atoms with E-state index in [0.29, 0.717) is 0 Å². The topological polar surface area (TPSA) is 43.4 Å². The molecular weight excluding hydrogens is 164 g/mol. The van der Waals surface area contributed by atoms with Gasteiger partial charge in [-0.1, -0.05) is 0 Å². The van der Waals surface area contributed by atoms with Gasteiger partial charge in [-0.2, -0.15) is 0 Å². The zero-order valence-electron chi connectivity index (χ0n) is 5.29. The summed E-state index contributed by atoms with van der Waals surface area (Å²) in [4.78, 5) is 20.0. The molecule has 0 unspecified atom stereocenters. The molecule has 51 valence electrons. The summed E-state index contributed by atoms with van der Waals surface area (Å²) in [6, 6.07) is 0. The van der Waals surface area contributed by atoms with Crippen LogP contribution in [-0.4, -0.2) is 18.4 Å². The molecule has 0 aliphatic rings. The van der Waals surface area contributed by atoms with E-state index in [4.69, 9.17) is 0 Å². The van der Waals surface area contributed by atoms with Crippen molar-refractivity contribution in [3.05, 3.63) is 0 Å². The summed E-state index contributed by atoms with van der Waals surface area (Å²) in [5, 5.41) is 0. The Morgan fingerprint density at radius 2 is 1.78 bits per heavy atom. The molecule has 0 aromatic rings. The summed E-state index contributed by atoms with van der Waals surface area (Å²) in [5.41, 5.74) is 0. The minimum atomic E-state index is -0.416. The molecule has 9 heavy (non-hydrogen) atoms. The number of ketones is 1. The molecule has 0 aromatic heterocycles. The van der Waals surface area contributed by atoms with Crippen molar-refractivity contribution in [2.45, 2.75) is 13.8 Å². The summed E-state index contributed by atoms with van der Waals surface area (Å²) >= 11 is 0. The van der Waals surface area contributed by atoms with E-state index in [-0.39, 0.29) is 29.5 Å². The van der Waals surface area contributed by atoms with Crippen LogP contribution in [0.5, 0.6) is 0 Å². The van der Waals surface area contributed by atoms with Crippen LogP contribution in [0.2, 0.25) is 0 Å². The number of carbonyl (C=O) groups excluding carboxylic acids is 2. The summed E-state index contributed by atoms with van der Waals surface area (Å²) in [6.45, 7) is 2.53. The van der Waals surface area contributed by atoms with Crippen molar-refractivity contribution < 1.29 is 31.4 Å². The van der Waals surface area contributed by atoms with Crippen molar-refractivity contribution in [2.75, 3.05) is 6.61 Å². The monoisotopic (exact) mass is 172 g/mol. The van der Waals surface area contributed by atoms with Gasteiger partial charge in [0.05, 0.1) is 0 Å². The number of hydrogen-bond acceptors (Lipinski definition) is 3. The second-order valence-corrected chi connectivity index (χ2v) is 1.48. The second-order valence-electron chi connectivity index (χ2n) is 1.48. The molecule has 0 saturated carbocycles. The van der Waals surface area contributed by atoms with Crippen LogP contribution in [-0.2, 0) is 31.4 Å². The minimum Gasteiger partial charge on any atom is -0.458 e. The number of carbonyl (C=O) groups is 2. The van der Waals surface area contributed by atoms with Crippen LogP contribution in [0.15, 0.2) is 0 Å². The van der Waals surface area contributed by atoms with E-state index in [0.717, 1.165) is 0 Å². The van der Waals surface area contributed by atoms with Gasteiger partial charge in [-0.3, -0.25) is 9.59 Å². The van der Waals surface area contributed by atoms with E-state index < -0.39 is 5.97 Å². The van der Waals surface area contributed by atoms with Crippen LogP contribution < -0.4 is 0 Å². The zero-order chi connectivity index (χ0) is 6.57. The molecule has 0 saturated heterocycles. The van der Waals surface area contributed by atoms with Crippen molar-refractivity contribution in [3.8, 4) is 0 Å². The van der Waals surface area contributed by atoms with E-state index in [9.17, 15) is 9.59 Å². The van der Waals surface area contributed by atoms with Crippen LogP contribution in [0.4, 0.5) is 0 Å². The molecule has 0 rings (SSSR count). The molecule has 0 aliphatic carbocycles. The zero-order valence-corrected chi connectivity index (χ0v) is 6.39. The maximum Gasteiger partial charge on any atom is 3.00 e. The molecule has 1 radical (unpaired) electrons. The van der Waals surface area contributed by atoms with Crippen molar-refractivity contribution >= 4 is 11.8 Å².